The Morgan fingerprint density at radius 3 is 2.60 bits per heavy atom. The molecule has 1 atom stereocenters. The second-order valence-corrected chi connectivity index (χ2v) is 7.29. The van der Waals surface area contributed by atoms with Crippen molar-refractivity contribution in [3.05, 3.63) is 78.6 Å². The topological polar surface area (TPSA) is 50.4 Å². The zero-order chi connectivity index (χ0) is 18.9. The Balaban J connectivity index is 0.00000128. The highest BCUT2D eigenvalue weighted by molar-refractivity contribution is 5.85. The van der Waals surface area contributed by atoms with Crippen molar-refractivity contribution in [3.8, 4) is 11.3 Å². The minimum absolute atomic E-state index is 0. The van der Waals surface area contributed by atoms with Crippen LogP contribution < -0.4 is 5.32 Å². The highest BCUT2D eigenvalue weighted by Gasteiger charge is 2.28. The Morgan fingerprint density at radius 1 is 1.03 bits per heavy atom. The number of piperazine rings is 1. The van der Waals surface area contributed by atoms with Gasteiger partial charge in [-0.15, -0.1) is 24.8 Å². The standard InChI is InChI=1S/C22H24N6.2ClH/c1-26-13-11-24-22(26)18-15-23-10-14-27(18)16-19-21(17-7-3-2-4-8-17)25-20-9-5-6-12-28(19)20;;/h2-9,11-13,18,23H,10,14-16H2,1H3;2*1H. The van der Waals surface area contributed by atoms with Crippen LogP contribution in [-0.4, -0.2) is 43.5 Å². The van der Waals surface area contributed by atoms with Gasteiger partial charge in [0.2, 0.25) is 0 Å². The maximum Gasteiger partial charge on any atom is 0.137 e. The van der Waals surface area contributed by atoms with Gasteiger partial charge < -0.3 is 14.3 Å². The van der Waals surface area contributed by atoms with Crippen LogP contribution in [-0.2, 0) is 13.6 Å². The van der Waals surface area contributed by atoms with Gasteiger partial charge in [0.15, 0.2) is 0 Å². The Kier molecular flexibility index (Phi) is 7.15. The number of imidazole rings is 2. The molecule has 1 N–H and O–H groups in total. The summed E-state index contributed by atoms with van der Waals surface area (Å²) in [4.78, 5) is 12.1. The molecule has 30 heavy (non-hydrogen) atoms. The van der Waals surface area contributed by atoms with E-state index < -0.39 is 0 Å². The van der Waals surface area contributed by atoms with Gasteiger partial charge in [0.1, 0.15) is 11.5 Å². The van der Waals surface area contributed by atoms with Crippen LogP contribution in [0.15, 0.2) is 67.1 Å². The van der Waals surface area contributed by atoms with Gasteiger partial charge in [0, 0.05) is 57.4 Å². The molecule has 5 rings (SSSR count). The van der Waals surface area contributed by atoms with Crippen molar-refractivity contribution in [1.29, 1.82) is 0 Å². The number of fused-ring (bicyclic) bond motifs is 1. The molecule has 1 aromatic carbocycles. The molecule has 6 nitrogen and oxygen atoms in total. The number of pyridine rings is 1. The number of aryl methyl sites for hydroxylation is 1. The number of nitrogens with zero attached hydrogens (tertiary/aromatic N) is 5. The van der Waals surface area contributed by atoms with Gasteiger partial charge in [-0.05, 0) is 12.1 Å². The van der Waals surface area contributed by atoms with Crippen LogP contribution >= 0.6 is 24.8 Å². The lowest BCUT2D eigenvalue weighted by atomic mass is 10.1. The molecular weight excluding hydrogens is 419 g/mol. The van der Waals surface area contributed by atoms with E-state index in [2.05, 4.69) is 73.8 Å². The molecule has 0 saturated carbocycles. The van der Waals surface area contributed by atoms with E-state index in [0.717, 1.165) is 48.9 Å². The Labute approximate surface area is 188 Å². The van der Waals surface area contributed by atoms with E-state index in [1.54, 1.807) is 0 Å². The van der Waals surface area contributed by atoms with Crippen LogP contribution in [0.5, 0.6) is 0 Å². The van der Waals surface area contributed by atoms with Gasteiger partial charge in [-0.1, -0.05) is 36.4 Å². The fourth-order valence-electron chi connectivity index (χ4n) is 4.11. The lowest BCUT2D eigenvalue weighted by Gasteiger charge is -2.35. The van der Waals surface area contributed by atoms with Crippen LogP contribution in [0.1, 0.15) is 17.6 Å². The second kappa shape index (κ2) is 9.62. The van der Waals surface area contributed by atoms with Crippen molar-refractivity contribution < 1.29 is 0 Å². The van der Waals surface area contributed by atoms with Crippen molar-refractivity contribution in [1.82, 2.24) is 29.2 Å². The Morgan fingerprint density at radius 2 is 1.83 bits per heavy atom. The Hall–Kier alpha value is -2.38. The van der Waals surface area contributed by atoms with E-state index in [0.29, 0.717) is 0 Å². The van der Waals surface area contributed by atoms with Gasteiger partial charge in [-0.25, -0.2) is 9.97 Å². The first kappa shape index (κ1) is 22.3. The Bertz CT molecular complexity index is 1090. The van der Waals surface area contributed by atoms with E-state index >= 15 is 0 Å². The molecule has 4 heterocycles. The summed E-state index contributed by atoms with van der Waals surface area (Å²) in [5.74, 6) is 1.10. The van der Waals surface area contributed by atoms with E-state index in [4.69, 9.17) is 4.98 Å². The summed E-state index contributed by atoms with van der Waals surface area (Å²) in [7, 11) is 2.07. The van der Waals surface area contributed by atoms with E-state index in [9.17, 15) is 0 Å². The second-order valence-electron chi connectivity index (χ2n) is 7.29. The molecule has 4 aromatic rings. The van der Waals surface area contributed by atoms with Gasteiger partial charge in [-0.3, -0.25) is 4.90 Å². The smallest absolute Gasteiger partial charge is 0.137 e. The number of hydrogen-bond donors (Lipinski definition) is 1. The maximum atomic E-state index is 4.95. The van der Waals surface area contributed by atoms with Gasteiger partial charge in [0.25, 0.3) is 0 Å². The average Bonchev–Trinajstić information content (AvgIpc) is 3.33. The van der Waals surface area contributed by atoms with E-state index in [1.807, 2.05) is 24.5 Å². The van der Waals surface area contributed by atoms with E-state index in [-0.39, 0.29) is 30.9 Å². The highest BCUT2D eigenvalue weighted by Crippen LogP contribution is 2.29. The fourth-order valence-corrected chi connectivity index (χ4v) is 4.11. The summed E-state index contributed by atoms with van der Waals surface area (Å²) >= 11 is 0. The maximum absolute atomic E-state index is 4.95. The fraction of sp³-hybridized carbons (Fsp3) is 0.273. The molecule has 1 aliphatic heterocycles. The molecule has 3 aromatic heterocycles. The van der Waals surface area contributed by atoms with Gasteiger partial charge >= 0.3 is 0 Å². The van der Waals surface area contributed by atoms with Crippen molar-refractivity contribution in [3.63, 3.8) is 0 Å². The van der Waals surface area contributed by atoms with Crippen LogP contribution in [0.3, 0.4) is 0 Å². The SMILES string of the molecule is Cl.Cl.Cn1ccnc1C1CNCCN1Cc1c(-c2ccccc2)nc2ccccn12. The van der Waals surface area contributed by atoms with Gasteiger partial charge in [-0.2, -0.15) is 0 Å². The summed E-state index contributed by atoms with van der Waals surface area (Å²) in [5, 5.41) is 3.53. The van der Waals surface area contributed by atoms with Crippen molar-refractivity contribution >= 4 is 30.5 Å². The van der Waals surface area contributed by atoms with Crippen LogP contribution in [0, 0.1) is 0 Å². The third kappa shape index (κ3) is 4.09. The molecule has 1 fully saturated rings. The molecule has 0 aliphatic carbocycles. The summed E-state index contributed by atoms with van der Waals surface area (Å²) in [6.45, 7) is 3.70. The van der Waals surface area contributed by atoms with E-state index in [1.165, 1.54) is 5.69 Å². The van der Waals surface area contributed by atoms with Crippen LogP contribution in [0.2, 0.25) is 0 Å². The van der Waals surface area contributed by atoms with Crippen molar-refractivity contribution in [2.45, 2.75) is 12.6 Å². The molecule has 1 saturated heterocycles. The monoisotopic (exact) mass is 444 g/mol. The summed E-state index contributed by atoms with van der Waals surface area (Å²) in [5.41, 5.74) is 4.43. The molecule has 158 valence electrons. The number of benzene rings is 1. The summed E-state index contributed by atoms with van der Waals surface area (Å²) in [6.07, 6.45) is 6.01. The minimum atomic E-state index is 0. The first-order chi connectivity index (χ1) is 13.8. The quantitative estimate of drug-likeness (QED) is 0.520. The predicted octanol–water partition coefficient (Wildman–Crippen LogP) is 3.72. The number of hydrogen-bond acceptors (Lipinski definition) is 4. The molecule has 1 aliphatic rings. The average molecular weight is 445 g/mol. The molecule has 0 amide bonds. The zero-order valence-electron chi connectivity index (χ0n) is 16.8. The lowest BCUT2D eigenvalue weighted by molar-refractivity contribution is 0.143. The minimum Gasteiger partial charge on any atom is -0.337 e. The molecule has 0 spiro atoms. The predicted molar refractivity (Wildman–Crippen MR) is 124 cm³/mol. The summed E-state index contributed by atoms with van der Waals surface area (Å²) < 4.78 is 4.34. The van der Waals surface area contributed by atoms with Crippen LogP contribution in [0.4, 0.5) is 0 Å². The first-order valence-corrected chi connectivity index (χ1v) is 9.74. The van der Waals surface area contributed by atoms with Gasteiger partial charge in [0.05, 0.1) is 17.4 Å². The number of aromatic nitrogens is 4. The molecule has 1 unspecified atom stereocenters. The van der Waals surface area contributed by atoms with Crippen molar-refractivity contribution in [2.75, 3.05) is 19.6 Å². The molecule has 8 heteroatoms. The molecule has 0 bridgehead atoms. The number of nitrogens with one attached hydrogen (secondary N) is 1. The summed E-state index contributed by atoms with van der Waals surface area (Å²) in [6, 6.07) is 16.9. The van der Waals surface area contributed by atoms with Crippen molar-refractivity contribution in [2.24, 2.45) is 7.05 Å². The molecular formula is C22H26Cl2N6. The number of rotatable bonds is 4. The third-order valence-electron chi connectivity index (χ3n) is 5.54. The van der Waals surface area contributed by atoms with Crippen LogP contribution in [0.25, 0.3) is 16.9 Å². The largest absolute Gasteiger partial charge is 0.337 e. The lowest BCUT2D eigenvalue weighted by Crippen LogP contribution is -2.46. The normalized spacial score (nSPS) is 16.8. The zero-order valence-corrected chi connectivity index (χ0v) is 18.4. The third-order valence-corrected chi connectivity index (χ3v) is 5.54. The molecule has 0 radical (unpaired) electrons. The number of halogens is 2. The highest BCUT2D eigenvalue weighted by atomic mass is 35.5. The first-order valence-electron chi connectivity index (χ1n) is 9.74.